The van der Waals surface area contributed by atoms with Crippen molar-refractivity contribution in [2.45, 2.75) is 32.6 Å². The van der Waals surface area contributed by atoms with Crippen molar-refractivity contribution in [3.05, 3.63) is 39.4 Å². The first-order valence-electron chi connectivity index (χ1n) is 7.89. The fourth-order valence-corrected chi connectivity index (χ4v) is 3.03. The van der Waals surface area contributed by atoms with E-state index in [0.29, 0.717) is 18.4 Å². The number of hydrogen-bond acceptors (Lipinski definition) is 5. The van der Waals surface area contributed by atoms with E-state index < -0.39 is 34.5 Å². The number of aliphatic carboxylic acids is 1. The van der Waals surface area contributed by atoms with E-state index in [0.717, 1.165) is 12.8 Å². The first-order valence-corrected chi connectivity index (χ1v) is 7.89. The van der Waals surface area contributed by atoms with Crippen LogP contribution in [0.15, 0.2) is 18.2 Å². The standard InChI is InChI=1S/C16H19N3O6/c1-9-8-10(6-7-13(9)19(24)25)14(20)17-18-15(21)11-4-2-3-5-12(11)16(22)23/h6-8,11-12H,2-5H2,1H3,(H,17,20)(H,18,21)(H,22,23)/t11-,12+/m0/s1. The molecule has 9 heteroatoms. The lowest BCUT2D eigenvalue weighted by molar-refractivity contribution is -0.385. The van der Waals surface area contributed by atoms with E-state index in [4.69, 9.17) is 0 Å². The van der Waals surface area contributed by atoms with Gasteiger partial charge in [-0.2, -0.15) is 0 Å². The van der Waals surface area contributed by atoms with Crippen LogP contribution < -0.4 is 10.9 Å². The maximum atomic E-state index is 12.2. The van der Waals surface area contributed by atoms with Crippen LogP contribution in [0.4, 0.5) is 5.69 Å². The van der Waals surface area contributed by atoms with Gasteiger partial charge in [0.1, 0.15) is 0 Å². The molecule has 134 valence electrons. The quantitative estimate of drug-likeness (QED) is 0.557. The van der Waals surface area contributed by atoms with Crippen LogP contribution >= 0.6 is 0 Å². The van der Waals surface area contributed by atoms with Gasteiger partial charge in [0.25, 0.3) is 11.6 Å². The van der Waals surface area contributed by atoms with E-state index >= 15 is 0 Å². The number of hydrogen-bond donors (Lipinski definition) is 3. The third kappa shape index (κ3) is 4.31. The number of carbonyl (C=O) groups is 3. The number of amides is 2. The number of hydrazine groups is 1. The van der Waals surface area contributed by atoms with E-state index in [-0.39, 0.29) is 11.3 Å². The zero-order valence-corrected chi connectivity index (χ0v) is 13.7. The fourth-order valence-electron chi connectivity index (χ4n) is 3.03. The van der Waals surface area contributed by atoms with E-state index in [1.165, 1.54) is 25.1 Å². The summed E-state index contributed by atoms with van der Waals surface area (Å²) < 4.78 is 0. The van der Waals surface area contributed by atoms with E-state index in [9.17, 15) is 29.6 Å². The molecule has 1 aliphatic carbocycles. The maximum absolute atomic E-state index is 12.2. The summed E-state index contributed by atoms with van der Waals surface area (Å²) in [6.45, 7) is 1.51. The van der Waals surface area contributed by atoms with Crippen LogP contribution in [0.25, 0.3) is 0 Å². The summed E-state index contributed by atoms with van der Waals surface area (Å²) in [4.78, 5) is 45.7. The Morgan fingerprint density at radius 2 is 1.80 bits per heavy atom. The average Bonchev–Trinajstić information content (AvgIpc) is 2.58. The number of benzene rings is 1. The Bertz CT molecular complexity index is 718. The number of carboxylic acid groups (broad SMARTS) is 1. The largest absolute Gasteiger partial charge is 0.481 e. The Balaban J connectivity index is 1.99. The Morgan fingerprint density at radius 3 is 2.36 bits per heavy atom. The highest BCUT2D eigenvalue weighted by molar-refractivity contribution is 5.96. The van der Waals surface area contributed by atoms with Gasteiger partial charge in [0.2, 0.25) is 5.91 Å². The third-order valence-electron chi connectivity index (χ3n) is 4.37. The van der Waals surface area contributed by atoms with Gasteiger partial charge >= 0.3 is 5.97 Å². The summed E-state index contributed by atoms with van der Waals surface area (Å²) >= 11 is 0. The molecule has 1 aliphatic rings. The molecule has 1 aromatic rings. The second kappa shape index (κ2) is 7.73. The fraction of sp³-hybridized carbons (Fsp3) is 0.438. The first kappa shape index (κ1) is 18.4. The lowest BCUT2D eigenvalue weighted by atomic mass is 9.79. The molecule has 0 heterocycles. The van der Waals surface area contributed by atoms with Crippen LogP contribution in [0, 0.1) is 28.9 Å². The van der Waals surface area contributed by atoms with E-state index in [2.05, 4.69) is 10.9 Å². The van der Waals surface area contributed by atoms with Crippen LogP contribution in [0.3, 0.4) is 0 Å². The Hall–Kier alpha value is -2.97. The second-order valence-electron chi connectivity index (χ2n) is 6.04. The van der Waals surface area contributed by atoms with Gasteiger partial charge in [-0.05, 0) is 31.9 Å². The summed E-state index contributed by atoms with van der Waals surface area (Å²) in [5.41, 5.74) is 4.86. The Morgan fingerprint density at radius 1 is 1.16 bits per heavy atom. The minimum atomic E-state index is -1.02. The molecule has 0 radical (unpaired) electrons. The summed E-state index contributed by atoms with van der Waals surface area (Å²) in [5.74, 6) is -3.64. The summed E-state index contributed by atoms with van der Waals surface area (Å²) in [5, 5.41) is 20.0. The summed E-state index contributed by atoms with van der Waals surface area (Å²) in [6.07, 6.45) is 2.41. The predicted octanol–water partition coefficient (Wildman–Crippen LogP) is 1.56. The Labute approximate surface area is 143 Å². The predicted molar refractivity (Wildman–Crippen MR) is 86.5 cm³/mol. The lowest BCUT2D eigenvalue weighted by Gasteiger charge is -2.27. The number of nitro groups is 1. The maximum Gasteiger partial charge on any atom is 0.307 e. The molecule has 2 atom stereocenters. The average molecular weight is 349 g/mol. The van der Waals surface area contributed by atoms with Crippen molar-refractivity contribution in [2.24, 2.45) is 11.8 Å². The van der Waals surface area contributed by atoms with Crippen LogP contribution in [0.1, 0.15) is 41.6 Å². The number of nitro benzene ring substituents is 1. The smallest absolute Gasteiger partial charge is 0.307 e. The first-order chi connectivity index (χ1) is 11.8. The second-order valence-corrected chi connectivity index (χ2v) is 6.04. The number of rotatable bonds is 4. The monoisotopic (exact) mass is 349 g/mol. The lowest BCUT2D eigenvalue weighted by Crippen LogP contribution is -2.47. The highest BCUT2D eigenvalue weighted by Gasteiger charge is 2.35. The molecule has 1 fully saturated rings. The molecular weight excluding hydrogens is 330 g/mol. The number of aryl methyl sites for hydroxylation is 1. The summed E-state index contributed by atoms with van der Waals surface area (Å²) in [7, 11) is 0. The molecule has 0 bridgehead atoms. The Kier molecular flexibility index (Phi) is 5.68. The van der Waals surface area contributed by atoms with Gasteiger partial charge in [-0.1, -0.05) is 12.8 Å². The van der Waals surface area contributed by atoms with Gasteiger partial charge in [-0.3, -0.25) is 35.3 Å². The molecule has 1 saturated carbocycles. The molecule has 2 rings (SSSR count). The molecule has 25 heavy (non-hydrogen) atoms. The molecule has 0 saturated heterocycles. The van der Waals surface area contributed by atoms with Crippen molar-refractivity contribution >= 4 is 23.5 Å². The third-order valence-corrected chi connectivity index (χ3v) is 4.37. The molecule has 0 aliphatic heterocycles. The molecule has 2 amide bonds. The molecule has 3 N–H and O–H groups in total. The molecular formula is C16H19N3O6. The van der Waals surface area contributed by atoms with Crippen molar-refractivity contribution in [1.82, 2.24) is 10.9 Å². The number of nitrogens with zero attached hydrogens (tertiary/aromatic N) is 1. The molecule has 0 aromatic heterocycles. The summed E-state index contributed by atoms with van der Waals surface area (Å²) in [6, 6.07) is 3.85. The minimum Gasteiger partial charge on any atom is -0.481 e. The van der Waals surface area contributed by atoms with Gasteiger partial charge in [0, 0.05) is 17.2 Å². The zero-order valence-electron chi connectivity index (χ0n) is 13.7. The molecule has 9 nitrogen and oxygen atoms in total. The topological polar surface area (TPSA) is 139 Å². The zero-order chi connectivity index (χ0) is 18.6. The molecule has 0 unspecified atom stereocenters. The van der Waals surface area contributed by atoms with Gasteiger partial charge in [0.05, 0.1) is 16.8 Å². The van der Waals surface area contributed by atoms with Crippen molar-refractivity contribution in [3.63, 3.8) is 0 Å². The minimum absolute atomic E-state index is 0.105. The van der Waals surface area contributed by atoms with Crippen LogP contribution in [0.2, 0.25) is 0 Å². The van der Waals surface area contributed by atoms with Gasteiger partial charge in [0.15, 0.2) is 0 Å². The van der Waals surface area contributed by atoms with E-state index in [1.54, 1.807) is 0 Å². The number of carbonyl (C=O) groups excluding carboxylic acids is 2. The molecule has 1 aromatic carbocycles. The highest BCUT2D eigenvalue weighted by atomic mass is 16.6. The van der Waals surface area contributed by atoms with E-state index in [1.807, 2.05) is 0 Å². The van der Waals surface area contributed by atoms with Crippen LogP contribution in [-0.2, 0) is 9.59 Å². The van der Waals surface area contributed by atoms with Gasteiger partial charge in [-0.15, -0.1) is 0 Å². The van der Waals surface area contributed by atoms with Crippen molar-refractivity contribution in [2.75, 3.05) is 0 Å². The molecule has 0 spiro atoms. The van der Waals surface area contributed by atoms with Gasteiger partial charge in [-0.25, -0.2) is 0 Å². The normalized spacial score (nSPS) is 19.7. The SMILES string of the molecule is Cc1cc(C(=O)NNC(=O)[C@H]2CCCC[C@H]2C(=O)O)ccc1[N+](=O)[O-]. The van der Waals surface area contributed by atoms with Crippen molar-refractivity contribution in [3.8, 4) is 0 Å². The van der Waals surface area contributed by atoms with Crippen LogP contribution in [0.5, 0.6) is 0 Å². The highest BCUT2D eigenvalue weighted by Crippen LogP contribution is 2.30. The van der Waals surface area contributed by atoms with Crippen molar-refractivity contribution < 1.29 is 24.4 Å². The number of nitrogens with one attached hydrogen (secondary N) is 2. The number of carboxylic acids is 1. The van der Waals surface area contributed by atoms with Crippen LogP contribution in [-0.4, -0.2) is 27.8 Å². The van der Waals surface area contributed by atoms with Crippen molar-refractivity contribution in [1.29, 1.82) is 0 Å². The van der Waals surface area contributed by atoms with Gasteiger partial charge < -0.3 is 5.11 Å².